The number of carbonyl (C=O) groups is 1. The van der Waals surface area contributed by atoms with E-state index in [4.69, 9.17) is 16.3 Å². The number of piperazine rings is 1. The predicted octanol–water partition coefficient (Wildman–Crippen LogP) is 5.19. The Morgan fingerprint density at radius 3 is 2.80 bits per heavy atom. The molecule has 0 spiro atoms. The highest BCUT2D eigenvalue weighted by Gasteiger charge is 2.51. The molecule has 4 heterocycles. The van der Waals surface area contributed by atoms with Gasteiger partial charge in [0.25, 0.3) is 0 Å². The van der Waals surface area contributed by atoms with Crippen LogP contribution in [0.4, 0.5) is 19.4 Å². The molecule has 3 fully saturated rings. The predicted molar refractivity (Wildman–Crippen MR) is 160 cm³/mol. The number of nitrogens with zero attached hydrogens (tertiary/aromatic N) is 7. The van der Waals surface area contributed by atoms with E-state index < -0.39 is 23.8 Å². The number of hydrogen-bond donors (Lipinski definition) is 1. The van der Waals surface area contributed by atoms with Gasteiger partial charge in [-0.2, -0.15) is 15.2 Å². The van der Waals surface area contributed by atoms with Gasteiger partial charge in [0.2, 0.25) is 0 Å². The van der Waals surface area contributed by atoms with Gasteiger partial charge in [0.1, 0.15) is 29.5 Å². The Bertz CT molecular complexity index is 1850. The number of carboxylic acid groups (broad SMARTS) is 1. The summed E-state index contributed by atoms with van der Waals surface area (Å²) in [6.07, 6.45) is 1.50. The normalized spacial score (nSPS) is 23.2. The highest BCUT2D eigenvalue weighted by Crippen LogP contribution is 2.49. The summed E-state index contributed by atoms with van der Waals surface area (Å²) in [4.78, 5) is 30.8. The molecule has 1 amide bonds. The summed E-state index contributed by atoms with van der Waals surface area (Å²) in [6, 6.07) is 9.58. The van der Waals surface area contributed by atoms with Gasteiger partial charge in [-0.15, -0.1) is 0 Å². The number of ether oxygens (including phenoxy) is 1. The molecule has 3 aliphatic rings. The third kappa shape index (κ3) is 4.80. The van der Waals surface area contributed by atoms with Gasteiger partial charge in [-0.3, -0.25) is 9.88 Å². The van der Waals surface area contributed by atoms with E-state index >= 15 is 4.39 Å². The number of nitriles is 1. The van der Waals surface area contributed by atoms with Crippen LogP contribution in [0.25, 0.3) is 32.9 Å². The molecule has 13 heteroatoms. The van der Waals surface area contributed by atoms with Crippen molar-refractivity contribution in [3.63, 3.8) is 0 Å². The van der Waals surface area contributed by atoms with Crippen LogP contribution in [0, 0.1) is 34.8 Å². The van der Waals surface area contributed by atoms with Crippen molar-refractivity contribution in [3.05, 3.63) is 53.2 Å². The fourth-order valence-corrected chi connectivity index (χ4v) is 7.07. The Hall–Kier alpha value is -4.34. The third-order valence-electron chi connectivity index (χ3n) is 9.13. The summed E-state index contributed by atoms with van der Waals surface area (Å²) in [6.45, 7) is 1.91. The lowest BCUT2D eigenvalue weighted by atomic mass is 10.0. The molecule has 10 nitrogen and oxygen atoms in total. The Labute approximate surface area is 256 Å². The zero-order valence-corrected chi connectivity index (χ0v) is 24.5. The van der Waals surface area contributed by atoms with Crippen molar-refractivity contribution in [2.75, 3.05) is 44.7 Å². The second kappa shape index (κ2) is 11.0. The van der Waals surface area contributed by atoms with E-state index in [-0.39, 0.29) is 54.3 Å². The number of aromatic nitrogens is 3. The number of fused-ring (bicyclic) bond motifs is 3. The topological polar surface area (TPSA) is 119 Å². The molecule has 44 heavy (non-hydrogen) atoms. The fourth-order valence-electron chi connectivity index (χ4n) is 6.80. The number of benzene rings is 2. The Balaban J connectivity index is 1.34. The quantitative estimate of drug-likeness (QED) is 0.311. The van der Waals surface area contributed by atoms with Crippen molar-refractivity contribution >= 4 is 45.2 Å². The maximum absolute atomic E-state index is 16.6. The number of likely N-dealkylation sites (N-methyl/N-ethyl adjacent to an activating group) is 1. The number of piperidine rings is 1. The maximum atomic E-state index is 16.6. The molecule has 2 saturated heterocycles. The van der Waals surface area contributed by atoms with Gasteiger partial charge in [-0.25, -0.2) is 13.6 Å². The van der Waals surface area contributed by atoms with Crippen molar-refractivity contribution in [2.45, 2.75) is 24.9 Å². The lowest BCUT2D eigenvalue weighted by Crippen LogP contribution is -2.55. The SMILES string of the molecule is CN1C[C@H]2C[C@H]2[C@H]1COc1nc(N2CCN(C(=O)O)C(CC#N)C2)c2cnc(-c3cccc4ccc(F)c(Cl)c34)c(F)c2n1. The summed E-state index contributed by atoms with van der Waals surface area (Å²) in [5.41, 5.74) is 0.215. The van der Waals surface area contributed by atoms with Gasteiger partial charge >= 0.3 is 12.1 Å². The van der Waals surface area contributed by atoms with Gasteiger partial charge in [0, 0.05) is 49.4 Å². The van der Waals surface area contributed by atoms with Gasteiger partial charge in [-0.1, -0.05) is 35.9 Å². The molecule has 2 aromatic carbocycles. The molecule has 1 unspecified atom stereocenters. The molecular formula is C31H28ClF2N7O3. The minimum atomic E-state index is -1.11. The van der Waals surface area contributed by atoms with Gasteiger partial charge in [-0.05, 0) is 36.8 Å². The molecule has 4 aromatic rings. The highest BCUT2D eigenvalue weighted by molar-refractivity contribution is 6.36. The first-order valence-electron chi connectivity index (χ1n) is 14.4. The molecule has 7 rings (SSSR count). The Morgan fingerprint density at radius 2 is 2.05 bits per heavy atom. The zero-order valence-electron chi connectivity index (χ0n) is 23.8. The van der Waals surface area contributed by atoms with Gasteiger partial charge < -0.3 is 19.6 Å². The lowest BCUT2D eigenvalue weighted by Gasteiger charge is -2.39. The molecule has 4 atom stereocenters. The summed E-state index contributed by atoms with van der Waals surface area (Å²) in [5, 5.41) is 20.2. The molecule has 2 aliphatic heterocycles. The maximum Gasteiger partial charge on any atom is 0.407 e. The summed E-state index contributed by atoms with van der Waals surface area (Å²) in [5.74, 6) is 0.187. The number of halogens is 3. The van der Waals surface area contributed by atoms with Crippen LogP contribution in [0.5, 0.6) is 6.01 Å². The van der Waals surface area contributed by atoms with Crippen LogP contribution in [0.1, 0.15) is 12.8 Å². The first-order valence-corrected chi connectivity index (χ1v) is 14.8. The van der Waals surface area contributed by atoms with Crippen molar-refractivity contribution in [1.82, 2.24) is 24.8 Å². The molecule has 1 saturated carbocycles. The minimum absolute atomic E-state index is 0.0130. The number of anilines is 1. The van der Waals surface area contributed by atoms with E-state index in [1.54, 1.807) is 24.3 Å². The van der Waals surface area contributed by atoms with Crippen LogP contribution in [0.2, 0.25) is 5.02 Å². The van der Waals surface area contributed by atoms with E-state index in [0.717, 1.165) is 13.0 Å². The zero-order chi connectivity index (χ0) is 30.7. The van der Waals surface area contributed by atoms with Crippen molar-refractivity contribution in [3.8, 4) is 23.3 Å². The van der Waals surface area contributed by atoms with Crippen molar-refractivity contribution in [2.24, 2.45) is 11.8 Å². The summed E-state index contributed by atoms with van der Waals surface area (Å²) < 4.78 is 37.2. The average Bonchev–Trinajstić information content (AvgIpc) is 3.70. The van der Waals surface area contributed by atoms with E-state index in [0.29, 0.717) is 46.0 Å². The van der Waals surface area contributed by atoms with Crippen LogP contribution in [-0.4, -0.2) is 87.9 Å². The molecule has 0 radical (unpaired) electrons. The van der Waals surface area contributed by atoms with Crippen LogP contribution < -0.4 is 9.64 Å². The van der Waals surface area contributed by atoms with Gasteiger partial charge in [0.05, 0.1) is 28.9 Å². The molecule has 0 bridgehead atoms. The van der Waals surface area contributed by atoms with E-state index in [2.05, 4.69) is 33.0 Å². The van der Waals surface area contributed by atoms with E-state index in [9.17, 15) is 19.6 Å². The minimum Gasteiger partial charge on any atom is -0.465 e. The second-order valence-corrected chi connectivity index (χ2v) is 12.1. The average molecular weight is 620 g/mol. The molecular weight excluding hydrogens is 592 g/mol. The Kier molecular flexibility index (Phi) is 7.10. The van der Waals surface area contributed by atoms with Gasteiger partial charge in [0.15, 0.2) is 5.82 Å². The number of amides is 1. The molecule has 2 aromatic heterocycles. The molecule has 1 N–H and O–H groups in total. The second-order valence-electron chi connectivity index (χ2n) is 11.7. The summed E-state index contributed by atoms with van der Waals surface area (Å²) >= 11 is 6.36. The lowest BCUT2D eigenvalue weighted by molar-refractivity contribution is 0.119. The number of rotatable bonds is 6. The van der Waals surface area contributed by atoms with Crippen LogP contribution in [-0.2, 0) is 0 Å². The van der Waals surface area contributed by atoms with Crippen LogP contribution >= 0.6 is 11.6 Å². The van der Waals surface area contributed by atoms with E-state index in [1.807, 2.05) is 4.90 Å². The Morgan fingerprint density at radius 1 is 1.20 bits per heavy atom. The number of likely N-dealkylation sites (tertiary alicyclic amines) is 1. The molecule has 1 aliphatic carbocycles. The summed E-state index contributed by atoms with van der Waals surface area (Å²) in [7, 11) is 2.06. The fraction of sp³-hybridized carbons (Fsp3) is 0.387. The highest BCUT2D eigenvalue weighted by atomic mass is 35.5. The van der Waals surface area contributed by atoms with Crippen LogP contribution in [0.15, 0.2) is 36.5 Å². The monoisotopic (exact) mass is 619 g/mol. The first-order chi connectivity index (χ1) is 21.2. The van der Waals surface area contributed by atoms with E-state index in [1.165, 1.54) is 17.2 Å². The number of pyridine rings is 1. The molecule has 226 valence electrons. The largest absolute Gasteiger partial charge is 0.465 e. The smallest absolute Gasteiger partial charge is 0.407 e. The van der Waals surface area contributed by atoms with Crippen molar-refractivity contribution < 1.29 is 23.4 Å². The third-order valence-corrected chi connectivity index (χ3v) is 9.50. The van der Waals surface area contributed by atoms with Crippen LogP contribution in [0.3, 0.4) is 0 Å². The number of hydrogen-bond acceptors (Lipinski definition) is 8. The van der Waals surface area contributed by atoms with Crippen molar-refractivity contribution in [1.29, 1.82) is 5.26 Å². The standard InChI is InChI=1S/C31H28ClF2N7O3/c1-39-13-17-11-20(17)23(39)15-44-30-37-28-21(29(38-30)40-9-10-41(31(42)43)18(14-40)7-8-35)12-36-27(26(28)34)19-4-2-3-16-5-6-22(33)25(32)24(16)19/h2-6,12,17-18,20,23H,7,9-11,13-15H2,1H3,(H,42,43)/t17-,18?,20-,23-/m1/s1. The first kappa shape index (κ1) is 28.4.